The van der Waals surface area contributed by atoms with Crippen molar-refractivity contribution in [2.45, 2.75) is 24.8 Å². The maximum absolute atomic E-state index is 14.1. The van der Waals surface area contributed by atoms with Crippen LogP contribution < -0.4 is 10.6 Å². The monoisotopic (exact) mass is 335 g/mol. The number of benzene rings is 1. The van der Waals surface area contributed by atoms with Gasteiger partial charge in [-0.15, -0.1) is 0 Å². The van der Waals surface area contributed by atoms with E-state index in [1.165, 1.54) is 10.8 Å². The zero-order chi connectivity index (χ0) is 17.2. The molecule has 3 aliphatic heterocycles. The molecule has 25 heavy (non-hydrogen) atoms. The third-order valence-electron chi connectivity index (χ3n) is 6.29. The highest BCUT2D eigenvalue weighted by molar-refractivity contribution is 5.79. The Kier molecular flexibility index (Phi) is 3.11. The fourth-order valence-corrected chi connectivity index (χ4v) is 4.86. The van der Waals surface area contributed by atoms with Gasteiger partial charge in [-0.05, 0) is 38.1 Å². The molecule has 0 saturated carbocycles. The molecule has 5 rings (SSSR count). The van der Waals surface area contributed by atoms with Crippen molar-refractivity contribution in [2.75, 3.05) is 27.2 Å². The van der Waals surface area contributed by atoms with E-state index in [2.05, 4.69) is 42.1 Å². The van der Waals surface area contributed by atoms with Crippen molar-refractivity contribution in [1.82, 2.24) is 9.80 Å². The highest BCUT2D eigenvalue weighted by Gasteiger charge is 2.49. The van der Waals surface area contributed by atoms with Gasteiger partial charge >= 0.3 is 0 Å². The minimum Gasteiger partial charge on any atom is -0.364 e. The minimum absolute atomic E-state index is 0.0467. The summed E-state index contributed by atoms with van der Waals surface area (Å²) in [4.78, 5) is 9.77. The first-order valence-corrected chi connectivity index (χ1v) is 9.01. The van der Waals surface area contributed by atoms with E-state index in [0.29, 0.717) is 6.42 Å². The molecule has 1 aliphatic carbocycles. The summed E-state index contributed by atoms with van der Waals surface area (Å²) in [6, 6.07) is 8.38. The summed E-state index contributed by atoms with van der Waals surface area (Å²) in [6.07, 6.45) is 6.05. The molecule has 1 saturated heterocycles. The second-order valence-electron chi connectivity index (χ2n) is 7.57. The lowest BCUT2D eigenvalue weighted by atomic mass is 9.72. The first-order chi connectivity index (χ1) is 12.1. The number of para-hydroxylation sites is 1. The average molecular weight is 335 g/mol. The summed E-state index contributed by atoms with van der Waals surface area (Å²) < 4.78 is 14.1. The van der Waals surface area contributed by atoms with Crippen molar-refractivity contribution in [3.8, 4) is 0 Å². The van der Waals surface area contributed by atoms with Crippen LogP contribution in [0.4, 0.5) is 4.39 Å². The Bertz CT molecular complexity index is 975. The van der Waals surface area contributed by atoms with Crippen LogP contribution in [-0.2, 0) is 0 Å². The number of halogens is 1. The van der Waals surface area contributed by atoms with Crippen LogP contribution in [0.1, 0.15) is 19.3 Å². The predicted octanol–water partition coefficient (Wildman–Crippen LogP) is 2.28. The third-order valence-corrected chi connectivity index (χ3v) is 6.29. The van der Waals surface area contributed by atoms with E-state index in [0.717, 1.165) is 48.3 Å². The van der Waals surface area contributed by atoms with Crippen molar-refractivity contribution in [2.24, 2.45) is 4.99 Å². The largest absolute Gasteiger partial charge is 0.364 e. The summed E-state index contributed by atoms with van der Waals surface area (Å²) in [6.45, 7) is 2.13. The first kappa shape index (κ1) is 15.1. The van der Waals surface area contributed by atoms with Gasteiger partial charge in [-0.2, -0.15) is 0 Å². The lowest BCUT2D eigenvalue weighted by Crippen LogP contribution is -2.57. The van der Waals surface area contributed by atoms with E-state index in [9.17, 15) is 4.39 Å². The number of rotatable bonds is 0. The first-order valence-electron chi connectivity index (χ1n) is 9.01. The molecule has 0 atom stereocenters. The summed E-state index contributed by atoms with van der Waals surface area (Å²) in [5, 5.41) is 2.26. The molecular formula is C21H22FN3. The normalized spacial score (nSPS) is 24.4. The van der Waals surface area contributed by atoms with Gasteiger partial charge < -0.3 is 9.80 Å². The van der Waals surface area contributed by atoms with Gasteiger partial charge in [0.2, 0.25) is 0 Å². The fourth-order valence-electron chi connectivity index (χ4n) is 4.86. The molecule has 0 radical (unpaired) electrons. The van der Waals surface area contributed by atoms with Crippen molar-refractivity contribution < 1.29 is 4.39 Å². The van der Waals surface area contributed by atoms with Gasteiger partial charge in [0.25, 0.3) is 0 Å². The third kappa shape index (κ3) is 1.97. The molecule has 0 bridgehead atoms. The molecule has 1 aromatic carbocycles. The Morgan fingerprint density at radius 2 is 1.84 bits per heavy atom. The molecule has 3 nitrogen and oxygen atoms in total. The van der Waals surface area contributed by atoms with E-state index in [1.54, 1.807) is 6.08 Å². The Hall–Kier alpha value is -2.20. The standard InChI is InChI=1S/C21H22FN3/c1-24-11-9-21(10-12-24)19-15-5-3-4-6-17(15)23-20(19)16-13-14(22)7-8-18(16)25(21)2/h3-8H,9-13H2,1-2H3. The molecule has 0 N–H and O–H groups in total. The molecular weight excluding hydrogens is 313 g/mol. The van der Waals surface area contributed by atoms with E-state index in [-0.39, 0.29) is 11.4 Å². The zero-order valence-electron chi connectivity index (χ0n) is 14.7. The van der Waals surface area contributed by atoms with E-state index >= 15 is 0 Å². The second-order valence-corrected chi connectivity index (χ2v) is 7.57. The molecule has 4 heteroatoms. The quantitative estimate of drug-likeness (QED) is 0.724. The van der Waals surface area contributed by atoms with Crippen molar-refractivity contribution in [3.05, 3.63) is 69.8 Å². The van der Waals surface area contributed by atoms with Crippen LogP contribution in [0.5, 0.6) is 0 Å². The molecule has 1 spiro atoms. The molecule has 3 heterocycles. The molecule has 0 amide bonds. The Labute approximate surface area is 147 Å². The van der Waals surface area contributed by atoms with Gasteiger partial charge in [-0.25, -0.2) is 9.38 Å². The minimum atomic E-state index is -0.0792. The Balaban J connectivity index is 1.84. The second kappa shape index (κ2) is 5.15. The molecule has 1 fully saturated rings. The van der Waals surface area contributed by atoms with Crippen LogP contribution in [-0.4, -0.2) is 42.5 Å². The maximum atomic E-state index is 14.1. The van der Waals surface area contributed by atoms with Crippen LogP contribution in [0.3, 0.4) is 0 Å². The van der Waals surface area contributed by atoms with E-state index < -0.39 is 0 Å². The lowest BCUT2D eigenvalue weighted by molar-refractivity contribution is 0.117. The summed E-state index contributed by atoms with van der Waals surface area (Å²) >= 11 is 0. The zero-order valence-corrected chi connectivity index (χ0v) is 14.7. The predicted molar refractivity (Wildman–Crippen MR) is 96.8 cm³/mol. The topological polar surface area (TPSA) is 18.8 Å². The molecule has 1 aromatic rings. The Morgan fingerprint density at radius 1 is 1.08 bits per heavy atom. The van der Waals surface area contributed by atoms with Crippen molar-refractivity contribution in [3.63, 3.8) is 0 Å². The lowest BCUT2D eigenvalue weighted by Gasteiger charge is -2.53. The number of fused-ring (bicyclic) bond motifs is 4. The van der Waals surface area contributed by atoms with Crippen LogP contribution in [0.2, 0.25) is 0 Å². The van der Waals surface area contributed by atoms with Gasteiger partial charge in [0.05, 0.1) is 16.6 Å². The highest BCUT2D eigenvalue weighted by Crippen LogP contribution is 2.50. The number of hydrogen-bond acceptors (Lipinski definition) is 3. The number of piperidine rings is 1. The van der Waals surface area contributed by atoms with Gasteiger partial charge in [-0.3, -0.25) is 0 Å². The summed E-state index contributed by atoms with van der Waals surface area (Å²) in [5.41, 5.74) is 4.48. The number of nitrogens with zero attached hydrogens (tertiary/aromatic N) is 3. The van der Waals surface area contributed by atoms with Crippen LogP contribution in [0.15, 0.2) is 64.2 Å². The SMILES string of the molecule is CN1CCC2(CC1)C1=c3ccccc3=NC1=C1CC(F)=CC=C1N2C. The average Bonchev–Trinajstić information content (AvgIpc) is 3.02. The van der Waals surface area contributed by atoms with E-state index in [1.807, 2.05) is 12.1 Å². The number of allylic oxidation sites excluding steroid dienone is 4. The summed E-state index contributed by atoms with van der Waals surface area (Å²) in [5.74, 6) is -0.0792. The number of likely N-dealkylation sites (tertiary alicyclic amines) is 1. The fraction of sp³-hybridized carbons (Fsp3) is 0.381. The van der Waals surface area contributed by atoms with Crippen LogP contribution in [0.25, 0.3) is 5.57 Å². The molecule has 0 aromatic heterocycles. The maximum Gasteiger partial charge on any atom is 0.105 e. The van der Waals surface area contributed by atoms with Gasteiger partial charge in [-0.1, -0.05) is 18.2 Å². The van der Waals surface area contributed by atoms with Crippen molar-refractivity contribution in [1.29, 1.82) is 0 Å². The van der Waals surface area contributed by atoms with Crippen LogP contribution in [0, 0.1) is 0 Å². The van der Waals surface area contributed by atoms with Gasteiger partial charge in [0, 0.05) is 48.6 Å². The highest BCUT2D eigenvalue weighted by atomic mass is 19.1. The number of likely N-dealkylation sites (N-methyl/N-ethyl adjacent to an activating group) is 1. The van der Waals surface area contributed by atoms with E-state index in [4.69, 9.17) is 4.99 Å². The molecule has 4 aliphatic rings. The molecule has 128 valence electrons. The van der Waals surface area contributed by atoms with Crippen molar-refractivity contribution >= 4 is 5.57 Å². The van der Waals surface area contributed by atoms with Gasteiger partial charge in [0.1, 0.15) is 5.83 Å². The Morgan fingerprint density at radius 3 is 2.64 bits per heavy atom. The van der Waals surface area contributed by atoms with Crippen LogP contribution >= 0.6 is 0 Å². The smallest absolute Gasteiger partial charge is 0.105 e. The molecule has 0 unspecified atom stereocenters. The summed E-state index contributed by atoms with van der Waals surface area (Å²) in [7, 11) is 4.37. The van der Waals surface area contributed by atoms with Gasteiger partial charge in [0.15, 0.2) is 0 Å². The number of hydrogen-bond donors (Lipinski definition) is 0.